The fourth-order valence-electron chi connectivity index (χ4n) is 3.74. The number of aromatic nitrogens is 2. The van der Waals surface area contributed by atoms with Gasteiger partial charge in [0.15, 0.2) is 0 Å². The molecule has 160 valence electrons. The van der Waals surface area contributed by atoms with Crippen molar-refractivity contribution < 1.29 is 9.72 Å². The van der Waals surface area contributed by atoms with Crippen molar-refractivity contribution in [3.8, 4) is 0 Å². The minimum Gasteiger partial charge on any atom is -0.387 e. The van der Waals surface area contributed by atoms with Gasteiger partial charge in [-0.1, -0.05) is 12.1 Å². The van der Waals surface area contributed by atoms with Crippen LogP contribution in [0, 0.1) is 10.1 Å². The average Bonchev–Trinajstić information content (AvgIpc) is 2.78. The zero-order valence-electron chi connectivity index (χ0n) is 17.0. The van der Waals surface area contributed by atoms with Crippen LogP contribution < -0.4 is 10.9 Å². The number of hydrogen-bond acceptors (Lipinski definition) is 7. The molecule has 0 unspecified atom stereocenters. The third-order valence-corrected chi connectivity index (χ3v) is 5.41. The van der Waals surface area contributed by atoms with E-state index in [1.165, 1.54) is 12.1 Å². The van der Waals surface area contributed by atoms with Crippen molar-refractivity contribution in [2.45, 2.75) is 6.54 Å². The zero-order chi connectivity index (χ0) is 22.0. The highest BCUT2D eigenvalue weighted by Crippen LogP contribution is 2.24. The molecule has 10 heteroatoms. The molecule has 3 aromatic rings. The molecule has 1 aliphatic rings. The predicted octanol–water partition coefficient (Wildman–Crippen LogP) is 1.83. The van der Waals surface area contributed by atoms with Crippen LogP contribution in [0.5, 0.6) is 0 Å². The van der Waals surface area contributed by atoms with Crippen LogP contribution in [0.2, 0.25) is 0 Å². The Labute approximate surface area is 177 Å². The summed E-state index contributed by atoms with van der Waals surface area (Å²) in [7, 11) is 1.67. The fraction of sp³-hybridized carbons (Fsp3) is 0.286. The van der Waals surface area contributed by atoms with Crippen LogP contribution in [0.3, 0.4) is 0 Å². The van der Waals surface area contributed by atoms with Crippen molar-refractivity contribution in [1.29, 1.82) is 0 Å². The normalized spacial score (nSPS) is 14.5. The summed E-state index contributed by atoms with van der Waals surface area (Å²) in [5, 5.41) is 14.6. The van der Waals surface area contributed by atoms with Crippen LogP contribution in [0.4, 0.5) is 11.4 Å². The van der Waals surface area contributed by atoms with Gasteiger partial charge < -0.3 is 15.2 Å². The molecule has 2 heterocycles. The van der Waals surface area contributed by atoms with E-state index in [1.54, 1.807) is 30.1 Å². The van der Waals surface area contributed by atoms with E-state index in [1.807, 2.05) is 12.1 Å². The van der Waals surface area contributed by atoms with Crippen LogP contribution in [-0.4, -0.2) is 63.8 Å². The number of nitrogens with zero attached hydrogens (tertiary/aromatic N) is 4. The number of amides is 1. The molecule has 0 saturated carbocycles. The molecular formula is C21H22N6O4. The lowest BCUT2D eigenvalue weighted by atomic mass is 10.1. The number of piperazine rings is 1. The van der Waals surface area contributed by atoms with Crippen molar-refractivity contribution in [2.24, 2.45) is 0 Å². The number of nitro benzene ring substituents is 1. The van der Waals surface area contributed by atoms with Crippen molar-refractivity contribution in [3.05, 3.63) is 74.3 Å². The maximum Gasteiger partial charge on any atom is 0.270 e. The Kier molecular flexibility index (Phi) is 5.63. The minimum absolute atomic E-state index is 0.118. The fourth-order valence-corrected chi connectivity index (χ4v) is 3.74. The van der Waals surface area contributed by atoms with E-state index in [4.69, 9.17) is 0 Å². The summed E-state index contributed by atoms with van der Waals surface area (Å²) in [6.07, 6.45) is 0. The molecule has 0 aliphatic carbocycles. The van der Waals surface area contributed by atoms with Gasteiger partial charge in [0.1, 0.15) is 5.82 Å². The summed E-state index contributed by atoms with van der Waals surface area (Å²) < 4.78 is 0. The number of nitrogens with one attached hydrogen (secondary N) is 2. The number of H-pyrrole nitrogens is 1. The van der Waals surface area contributed by atoms with Gasteiger partial charge in [-0.15, -0.1) is 0 Å². The molecule has 1 aliphatic heterocycles. The zero-order valence-corrected chi connectivity index (χ0v) is 17.0. The van der Waals surface area contributed by atoms with Crippen molar-refractivity contribution in [2.75, 3.05) is 38.5 Å². The highest BCUT2D eigenvalue weighted by Gasteiger charge is 2.25. The van der Waals surface area contributed by atoms with E-state index in [0.717, 1.165) is 0 Å². The van der Waals surface area contributed by atoms with E-state index in [2.05, 4.69) is 20.2 Å². The third-order valence-electron chi connectivity index (χ3n) is 5.41. The smallest absolute Gasteiger partial charge is 0.270 e. The Hall–Kier alpha value is -3.79. The highest BCUT2D eigenvalue weighted by molar-refractivity contribution is 6.00. The molecule has 4 rings (SSSR count). The second-order valence-corrected chi connectivity index (χ2v) is 7.34. The molecule has 0 bridgehead atoms. The van der Waals surface area contributed by atoms with Crippen molar-refractivity contribution in [3.63, 3.8) is 0 Å². The van der Waals surface area contributed by atoms with Gasteiger partial charge in [0, 0.05) is 51.0 Å². The molecule has 0 radical (unpaired) electrons. The highest BCUT2D eigenvalue weighted by atomic mass is 16.6. The number of para-hydroxylation sites is 1. The summed E-state index contributed by atoms with van der Waals surface area (Å²) >= 11 is 0. The van der Waals surface area contributed by atoms with E-state index in [9.17, 15) is 19.7 Å². The summed E-state index contributed by atoms with van der Waals surface area (Å²) in [5.74, 6) is 0.338. The third kappa shape index (κ3) is 4.24. The van der Waals surface area contributed by atoms with Gasteiger partial charge in [-0.05, 0) is 18.2 Å². The number of carbonyl (C=O) groups is 1. The molecule has 10 nitrogen and oxygen atoms in total. The van der Waals surface area contributed by atoms with E-state index < -0.39 is 4.92 Å². The predicted molar refractivity (Wildman–Crippen MR) is 116 cm³/mol. The van der Waals surface area contributed by atoms with Gasteiger partial charge in [-0.3, -0.25) is 24.6 Å². The molecule has 0 spiro atoms. The number of benzene rings is 2. The number of anilines is 1. The Balaban J connectivity index is 1.44. The van der Waals surface area contributed by atoms with Crippen LogP contribution in [0.1, 0.15) is 16.2 Å². The van der Waals surface area contributed by atoms with Crippen LogP contribution >= 0.6 is 0 Å². The molecule has 2 N–H and O–H groups in total. The molecule has 31 heavy (non-hydrogen) atoms. The Morgan fingerprint density at radius 3 is 2.65 bits per heavy atom. The summed E-state index contributed by atoms with van der Waals surface area (Å²) in [6, 6.07) is 11.4. The van der Waals surface area contributed by atoms with Gasteiger partial charge in [0.2, 0.25) is 0 Å². The number of fused-ring (bicyclic) bond motifs is 1. The maximum atomic E-state index is 13.0. The van der Waals surface area contributed by atoms with E-state index >= 15 is 0 Å². The summed E-state index contributed by atoms with van der Waals surface area (Å²) in [4.78, 5) is 47.0. The molecule has 1 saturated heterocycles. The second kappa shape index (κ2) is 8.52. The number of rotatable bonds is 5. The monoisotopic (exact) mass is 422 g/mol. The number of non-ortho nitro benzene ring substituents is 1. The summed E-state index contributed by atoms with van der Waals surface area (Å²) in [6.45, 7) is 2.63. The van der Waals surface area contributed by atoms with Crippen LogP contribution in [-0.2, 0) is 6.54 Å². The lowest BCUT2D eigenvalue weighted by Crippen LogP contribution is -2.48. The molecule has 1 amide bonds. The second-order valence-electron chi connectivity index (χ2n) is 7.34. The first-order valence-corrected chi connectivity index (χ1v) is 9.92. The molecule has 1 aromatic heterocycles. The van der Waals surface area contributed by atoms with E-state index in [0.29, 0.717) is 55.1 Å². The Bertz CT molecular complexity index is 1200. The van der Waals surface area contributed by atoms with Gasteiger partial charge in [-0.25, -0.2) is 4.98 Å². The molecular weight excluding hydrogens is 400 g/mol. The standard InChI is InChI=1S/C21H22N6O4/c1-22-17-7-6-14(27(30)31)12-16(17)21(29)26-10-8-25(9-11-26)13-19-23-18-5-3-2-4-15(18)20(28)24-19/h2-7,12,22H,8-11,13H2,1H3,(H,23,24,28). The quantitative estimate of drug-likeness (QED) is 0.475. The molecule has 2 aromatic carbocycles. The van der Waals surface area contributed by atoms with E-state index in [-0.39, 0.29) is 22.7 Å². The van der Waals surface area contributed by atoms with Gasteiger partial charge in [0.05, 0.1) is 27.9 Å². The first kappa shape index (κ1) is 20.5. The SMILES string of the molecule is CNc1ccc([N+](=O)[O-])cc1C(=O)N1CCN(Cc2nc3ccccc3c(=O)[nH]2)CC1. The lowest BCUT2D eigenvalue weighted by Gasteiger charge is -2.34. The molecule has 1 fully saturated rings. The summed E-state index contributed by atoms with van der Waals surface area (Å²) in [5.41, 5.74) is 1.20. The Morgan fingerprint density at radius 1 is 1.19 bits per heavy atom. The van der Waals surface area contributed by atoms with Crippen LogP contribution in [0.15, 0.2) is 47.3 Å². The first-order chi connectivity index (χ1) is 15.0. The average molecular weight is 422 g/mol. The first-order valence-electron chi connectivity index (χ1n) is 9.92. The number of hydrogen-bond donors (Lipinski definition) is 2. The van der Waals surface area contributed by atoms with Gasteiger partial charge in [-0.2, -0.15) is 0 Å². The maximum absolute atomic E-state index is 13.0. The molecule has 0 atom stereocenters. The lowest BCUT2D eigenvalue weighted by molar-refractivity contribution is -0.384. The topological polar surface area (TPSA) is 124 Å². The number of aromatic amines is 1. The van der Waals surface area contributed by atoms with Crippen LogP contribution in [0.25, 0.3) is 10.9 Å². The van der Waals surface area contributed by atoms with Crippen molar-refractivity contribution in [1.82, 2.24) is 19.8 Å². The van der Waals surface area contributed by atoms with Crippen molar-refractivity contribution >= 4 is 28.2 Å². The van der Waals surface area contributed by atoms with Gasteiger partial charge >= 0.3 is 0 Å². The number of carbonyl (C=O) groups excluding carboxylic acids is 1. The number of nitro groups is 1. The largest absolute Gasteiger partial charge is 0.387 e. The minimum atomic E-state index is -0.508. The van der Waals surface area contributed by atoms with Gasteiger partial charge in [0.25, 0.3) is 17.2 Å². The Morgan fingerprint density at radius 2 is 1.94 bits per heavy atom.